The Morgan fingerprint density at radius 2 is 1.94 bits per heavy atom. The van der Waals surface area contributed by atoms with Crippen LogP contribution in [0.3, 0.4) is 0 Å². The van der Waals surface area contributed by atoms with E-state index in [2.05, 4.69) is 20.3 Å². The van der Waals surface area contributed by atoms with E-state index in [9.17, 15) is 0 Å². The summed E-state index contributed by atoms with van der Waals surface area (Å²) in [7, 11) is 0. The maximum absolute atomic E-state index is 5.99. The van der Waals surface area contributed by atoms with Crippen LogP contribution in [-0.2, 0) is 12.8 Å². The van der Waals surface area contributed by atoms with Gasteiger partial charge in [-0.2, -0.15) is 5.10 Å². The van der Waals surface area contributed by atoms with Gasteiger partial charge in [0.2, 0.25) is 0 Å². The zero-order valence-electron chi connectivity index (χ0n) is 9.48. The van der Waals surface area contributed by atoms with Crippen molar-refractivity contribution in [3.8, 4) is 5.69 Å². The Morgan fingerprint density at radius 1 is 1.18 bits per heavy atom. The lowest BCUT2D eigenvalue weighted by Crippen LogP contribution is -2.04. The van der Waals surface area contributed by atoms with Gasteiger partial charge in [-0.3, -0.25) is 0 Å². The molecule has 7 heteroatoms. The SMILES string of the molecule is CCc1nc(CC)n(-c2cc(Cl)nnc2Cl)n1. The summed E-state index contributed by atoms with van der Waals surface area (Å²) in [6.07, 6.45) is 1.52. The number of hydrogen-bond donors (Lipinski definition) is 0. The van der Waals surface area contributed by atoms with Gasteiger partial charge >= 0.3 is 0 Å². The van der Waals surface area contributed by atoms with Gasteiger partial charge in [0, 0.05) is 18.9 Å². The number of aromatic nitrogens is 5. The molecule has 2 aromatic heterocycles. The average Bonchev–Trinajstić information content (AvgIpc) is 2.75. The summed E-state index contributed by atoms with van der Waals surface area (Å²) in [5.41, 5.74) is 0.607. The second-order valence-corrected chi connectivity index (χ2v) is 4.15. The third kappa shape index (κ3) is 2.40. The molecule has 2 rings (SSSR count). The molecule has 90 valence electrons. The van der Waals surface area contributed by atoms with Crippen LogP contribution in [0.15, 0.2) is 6.07 Å². The molecule has 0 atom stereocenters. The fraction of sp³-hybridized carbons (Fsp3) is 0.400. The first-order valence-electron chi connectivity index (χ1n) is 5.29. The highest BCUT2D eigenvalue weighted by atomic mass is 35.5. The van der Waals surface area contributed by atoms with E-state index < -0.39 is 0 Å². The van der Waals surface area contributed by atoms with E-state index >= 15 is 0 Å². The van der Waals surface area contributed by atoms with Crippen molar-refractivity contribution in [1.29, 1.82) is 0 Å². The van der Waals surface area contributed by atoms with E-state index in [4.69, 9.17) is 23.2 Å². The van der Waals surface area contributed by atoms with Crippen LogP contribution in [0.4, 0.5) is 0 Å². The molecule has 2 heterocycles. The van der Waals surface area contributed by atoms with Gasteiger partial charge in [0.15, 0.2) is 16.1 Å². The fourth-order valence-electron chi connectivity index (χ4n) is 1.46. The molecule has 5 nitrogen and oxygen atoms in total. The quantitative estimate of drug-likeness (QED) is 0.861. The van der Waals surface area contributed by atoms with Gasteiger partial charge in [-0.25, -0.2) is 9.67 Å². The molecule has 0 N–H and O–H groups in total. The Labute approximate surface area is 109 Å². The minimum absolute atomic E-state index is 0.261. The molecule has 0 amide bonds. The normalized spacial score (nSPS) is 10.8. The first kappa shape index (κ1) is 12.3. The Morgan fingerprint density at radius 3 is 2.59 bits per heavy atom. The maximum Gasteiger partial charge on any atom is 0.177 e. The molecular weight excluding hydrogens is 261 g/mol. The van der Waals surface area contributed by atoms with Gasteiger partial charge in [-0.15, -0.1) is 10.2 Å². The highest BCUT2D eigenvalue weighted by Gasteiger charge is 2.13. The summed E-state index contributed by atoms with van der Waals surface area (Å²) in [6.45, 7) is 4.00. The maximum atomic E-state index is 5.99. The van der Waals surface area contributed by atoms with E-state index in [1.165, 1.54) is 0 Å². The Bertz CT molecular complexity index is 537. The Hall–Kier alpha value is -1.20. The zero-order chi connectivity index (χ0) is 12.4. The number of hydrogen-bond acceptors (Lipinski definition) is 4. The molecule has 0 bridgehead atoms. The molecule has 0 aliphatic heterocycles. The molecule has 0 saturated heterocycles. The first-order chi connectivity index (χ1) is 8.15. The van der Waals surface area contributed by atoms with Crippen molar-refractivity contribution >= 4 is 23.2 Å². The highest BCUT2D eigenvalue weighted by Crippen LogP contribution is 2.20. The number of halogens is 2. The van der Waals surface area contributed by atoms with Crippen LogP contribution in [0.25, 0.3) is 5.69 Å². The van der Waals surface area contributed by atoms with Gasteiger partial charge in [0.05, 0.1) is 0 Å². The lowest BCUT2D eigenvalue weighted by molar-refractivity contribution is 0.781. The molecule has 0 aliphatic carbocycles. The monoisotopic (exact) mass is 271 g/mol. The molecule has 17 heavy (non-hydrogen) atoms. The van der Waals surface area contributed by atoms with E-state index in [1.807, 2.05) is 13.8 Å². The van der Waals surface area contributed by atoms with E-state index in [0.717, 1.165) is 24.5 Å². The standard InChI is InChI=1S/C10H11Cl2N5/c1-3-8-13-9(4-2)17(16-8)6-5-7(11)14-15-10(6)12/h5H,3-4H2,1-2H3. The minimum Gasteiger partial charge on any atom is -0.216 e. The molecule has 0 saturated carbocycles. The Balaban J connectivity index is 2.58. The van der Waals surface area contributed by atoms with Crippen LogP contribution in [0.2, 0.25) is 10.3 Å². The van der Waals surface area contributed by atoms with Crippen LogP contribution in [0, 0.1) is 0 Å². The van der Waals surface area contributed by atoms with Crippen LogP contribution in [-0.4, -0.2) is 25.0 Å². The van der Waals surface area contributed by atoms with Gasteiger partial charge in [-0.05, 0) is 0 Å². The zero-order valence-corrected chi connectivity index (χ0v) is 11.0. The van der Waals surface area contributed by atoms with Crippen molar-refractivity contribution < 1.29 is 0 Å². The smallest absolute Gasteiger partial charge is 0.177 e. The molecule has 0 aromatic carbocycles. The van der Waals surface area contributed by atoms with Gasteiger partial charge < -0.3 is 0 Å². The first-order valence-corrected chi connectivity index (χ1v) is 6.05. The average molecular weight is 272 g/mol. The van der Waals surface area contributed by atoms with Gasteiger partial charge in [0.1, 0.15) is 11.5 Å². The molecule has 0 aliphatic rings. The number of rotatable bonds is 3. The van der Waals surface area contributed by atoms with Crippen molar-refractivity contribution in [2.45, 2.75) is 26.7 Å². The lowest BCUT2D eigenvalue weighted by atomic mass is 10.4. The van der Waals surface area contributed by atoms with E-state index in [-0.39, 0.29) is 10.3 Å². The summed E-state index contributed by atoms with van der Waals surface area (Å²) in [4.78, 5) is 4.40. The predicted octanol–water partition coefficient (Wildman–Crippen LogP) is 2.49. The topological polar surface area (TPSA) is 56.5 Å². The molecule has 0 fully saturated rings. The third-order valence-corrected chi connectivity index (χ3v) is 2.73. The molecular formula is C10H11Cl2N5. The van der Waals surface area contributed by atoms with Crippen molar-refractivity contribution in [2.75, 3.05) is 0 Å². The van der Waals surface area contributed by atoms with Crippen molar-refractivity contribution in [2.24, 2.45) is 0 Å². The van der Waals surface area contributed by atoms with Gasteiger partial charge in [-0.1, -0.05) is 37.0 Å². The lowest BCUT2D eigenvalue weighted by Gasteiger charge is -2.05. The predicted molar refractivity (Wildman–Crippen MR) is 65.7 cm³/mol. The van der Waals surface area contributed by atoms with Gasteiger partial charge in [0.25, 0.3) is 0 Å². The van der Waals surface area contributed by atoms with Crippen LogP contribution in [0.5, 0.6) is 0 Å². The van der Waals surface area contributed by atoms with Crippen molar-refractivity contribution in [3.05, 3.63) is 28.0 Å². The summed E-state index contributed by atoms with van der Waals surface area (Å²) < 4.78 is 1.67. The fourth-order valence-corrected chi connectivity index (χ4v) is 1.77. The van der Waals surface area contributed by atoms with Crippen molar-refractivity contribution in [1.82, 2.24) is 25.0 Å². The molecule has 0 unspecified atom stereocenters. The molecule has 0 spiro atoms. The molecule has 2 aromatic rings. The van der Waals surface area contributed by atoms with E-state index in [1.54, 1.807) is 10.7 Å². The summed E-state index contributed by atoms with van der Waals surface area (Å²) in [5.74, 6) is 1.60. The summed E-state index contributed by atoms with van der Waals surface area (Å²) in [6, 6.07) is 1.63. The second-order valence-electron chi connectivity index (χ2n) is 3.41. The molecule has 0 radical (unpaired) electrons. The van der Waals surface area contributed by atoms with Crippen LogP contribution in [0.1, 0.15) is 25.5 Å². The number of nitrogens with zero attached hydrogens (tertiary/aromatic N) is 5. The summed E-state index contributed by atoms with van der Waals surface area (Å²) >= 11 is 11.8. The third-order valence-electron chi connectivity index (χ3n) is 2.28. The highest BCUT2D eigenvalue weighted by molar-refractivity contribution is 6.32. The second kappa shape index (κ2) is 4.98. The van der Waals surface area contributed by atoms with Crippen LogP contribution >= 0.6 is 23.2 Å². The largest absolute Gasteiger partial charge is 0.216 e. The summed E-state index contributed by atoms with van der Waals surface area (Å²) in [5, 5.41) is 12.3. The van der Waals surface area contributed by atoms with Crippen LogP contribution < -0.4 is 0 Å². The van der Waals surface area contributed by atoms with Crippen molar-refractivity contribution in [3.63, 3.8) is 0 Å². The number of aryl methyl sites for hydroxylation is 2. The minimum atomic E-state index is 0.261. The van der Waals surface area contributed by atoms with E-state index in [0.29, 0.717) is 5.69 Å². The Kier molecular flexibility index (Phi) is 3.59.